The Labute approximate surface area is 127 Å². The molecule has 1 aromatic carbocycles. The van der Waals surface area contributed by atoms with E-state index in [2.05, 4.69) is 6.92 Å². The summed E-state index contributed by atoms with van der Waals surface area (Å²) in [7, 11) is 0. The van der Waals surface area contributed by atoms with Crippen molar-refractivity contribution in [2.45, 2.75) is 45.3 Å². The summed E-state index contributed by atoms with van der Waals surface area (Å²) in [5.74, 6) is 0.0924. The highest BCUT2D eigenvalue weighted by Gasteiger charge is 2.41. The first-order valence-corrected chi connectivity index (χ1v) is 7.77. The second-order valence-electron chi connectivity index (χ2n) is 6.31. The highest BCUT2D eigenvalue weighted by molar-refractivity contribution is 5.95. The standard InChI is InChI=1S/C17H26N2O2/c1-4-10-17(21)12-18(13-17)11-16(20)19(14(2)3)15-8-6-5-7-9-15/h5-9,14,21H,4,10-13H2,1-3H3. The number of para-hydroxylation sites is 1. The van der Waals surface area contributed by atoms with Crippen molar-refractivity contribution in [3.8, 4) is 0 Å². The molecule has 4 nitrogen and oxygen atoms in total. The van der Waals surface area contributed by atoms with Crippen LogP contribution in [-0.2, 0) is 4.79 Å². The lowest BCUT2D eigenvalue weighted by molar-refractivity contribution is -0.131. The average molecular weight is 290 g/mol. The third-order valence-electron chi connectivity index (χ3n) is 3.93. The Morgan fingerprint density at radius 2 is 1.95 bits per heavy atom. The van der Waals surface area contributed by atoms with Crippen LogP contribution in [0, 0.1) is 0 Å². The fourth-order valence-corrected chi connectivity index (χ4v) is 3.11. The first-order valence-electron chi connectivity index (χ1n) is 7.77. The van der Waals surface area contributed by atoms with Gasteiger partial charge in [0.1, 0.15) is 0 Å². The van der Waals surface area contributed by atoms with E-state index in [1.165, 1.54) is 0 Å². The fourth-order valence-electron chi connectivity index (χ4n) is 3.11. The van der Waals surface area contributed by atoms with Crippen LogP contribution in [-0.4, -0.2) is 47.2 Å². The largest absolute Gasteiger partial charge is 0.387 e. The second kappa shape index (κ2) is 6.58. The molecule has 1 fully saturated rings. The first kappa shape index (κ1) is 16.0. The monoisotopic (exact) mass is 290 g/mol. The van der Waals surface area contributed by atoms with E-state index in [0.29, 0.717) is 19.6 Å². The van der Waals surface area contributed by atoms with Gasteiger partial charge in [-0.05, 0) is 32.4 Å². The molecule has 4 heteroatoms. The molecule has 0 bridgehead atoms. The minimum atomic E-state index is -0.579. The molecule has 0 saturated carbocycles. The van der Waals surface area contributed by atoms with Crippen molar-refractivity contribution in [3.63, 3.8) is 0 Å². The van der Waals surface area contributed by atoms with Gasteiger partial charge in [-0.3, -0.25) is 9.69 Å². The molecule has 1 aliphatic heterocycles. The zero-order valence-corrected chi connectivity index (χ0v) is 13.2. The van der Waals surface area contributed by atoms with E-state index in [4.69, 9.17) is 0 Å². The van der Waals surface area contributed by atoms with Crippen molar-refractivity contribution >= 4 is 11.6 Å². The molecule has 1 heterocycles. The highest BCUT2D eigenvalue weighted by atomic mass is 16.3. The molecule has 1 saturated heterocycles. The lowest BCUT2D eigenvalue weighted by atomic mass is 9.89. The number of hydrogen-bond donors (Lipinski definition) is 1. The molecule has 2 rings (SSSR count). The normalized spacial score (nSPS) is 17.6. The number of carbonyl (C=O) groups excluding carboxylic acids is 1. The molecule has 0 aliphatic carbocycles. The Morgan fingerprint density at radius 3 is 2.48 bits per heavy atom. The number of carbonyl (C=O) groups is 1. The van der Waals surface area contributed by atoms with Gasteiger partial charge in [0.05, 0.1) is 12.1 Å². The number of β-amino-alcohol motifs (C(OH)–C–C–N with tert-alkyl or cyclic N) is 1. The van der Waals surface area contributed by atoms with Crippen LogP contribution in [0.4, 0.5) is 5.69 Å². The summed E-state index contributed by atoms with van der Waals surface area (Å²) >= 11 is 0. The zero-order valence-electron chi connectivity index (χ0n) is 13.2. The predicted molar refractivity (Wildman–Crippen MR) is 85.4 cm³/mol. The van der Waals surface area contributed by atoms with Crippen molar-refractivity contribution in [3.05, 3.63) is 30.3 Å². The molecular formula is C17H26N2O2. The molecule has 116 valence electrons. The van der Waals surface area contributed by atoms with Gasteiger partial charge in [-0.25, -0.2) is 0 Å². The van der Waals surface area contributed by atoms with E-state index in [-0.39, 0.29) is 11.9 Å². The Bertz CT molecular complexity index is 467. The average Bonchev–Trinajstić information content (AvgIpc) is 2.38. The summed E-state index contributed by atoms with van der Waals surface area (Å²) in [6.45, 7) is 7.70. The molecule has 0 spiro atoms. The molecule has 1 N–H and O–H groups in total. The van der Waals surface area contributed by atoms with Gasteiger partial charge in [0.2, 0.25) is 5.91 Å². The van der Waals surface area contributed by atoms with Crippen LogP contribution in [0.15, 0.2) is 30.3 Å². The topological polar surface area (TPSA) is 43.8 Å². The van der Waals surface area contributed by atoms with Gasteiger partial charge < -0.3 is 10.0 Å². The molecule has 21 heavy (non-hydrogen) atoms. The van der Waals surface area contributed by atoms with Crippen molar-refractivity contribution < 1.29 is 9.90 Å². The van der Waals surface area contributed by atoms with Crippen LogP contribution < -0.4 is 4.90 Å². The quantitative estimate of drug-likeness (QED) is 0.874. The van der Waals surface area contributed by atoms with Crippen LogP contribution in [0.25, 0.3) is 0 Å². The van der Waals surface area contributed by atoms with Gasteiger partial charge >= 0.3 is 0 Å². The van der Waals surface area contributed by atoms with Gasteiger partial charge in [0.15, 0.2) is 0 Å². The van der Waals surface area contributed by atoms with E-state index < -0.39 is 5.60 Å². The SMILES string of the molecule is CCCC1(O)CN(CC(=O)N(c2ccccc2)C(C)C)C1. The number of amides is 1. The first-order chi connectivity index (χ1) is 9.95. The zero-order chi connectivity index (χ0) is 15.5. The van der Waals surface area contributed by atoms with E-state index in [1.807, 2.05) is 54.0 Å². The maximum absolute atomic E-state index is 12.6. The number of benzene rings is 1. The summed E-state index contributed by atoms with van der Waals surface area (Å²) < 4.78 is 0. The number of aliphatic hydroxyl groups is 1. The second-order valence-corrected chi connectivity index (χ2v) is 6.31. The van der Waals surface area contributed by atoms with Crippen LogP contribution >= 0.6 is 0 Å². The van der Waals surface area contributed by atoms with Gasteiger partial charge in [-0.15, -0.1) is 0 Å². The fraction of sp³-hybridized carbons (Fsp3) is 0.588. The van der Waals surface area contributed by atoms with Crippen LogP contribution in [0.1, 0.15) is 33.6 Å². The predicted octanol–water partition coefficient (Wildman–Crippen LogP) is 2.27. The number of hydrogen-bond acceptors (Lipinski definition) is 3. The highest BCUT2D eigenvalue weighted by Crippen LogP contribution is 2.26. The minimum absolute atomic E-state index is 0.0924. The summed E-state index contributed by atoms with van der Waals surface area (Å²) in [6.07, 6.45) is 1.78. The lowest BCUT2D eigenvalue weighted by Crippen LogP contribution is -2.63. The summed E-state index contributed by atoms with van der Waals surface area (Å²) in [5, 5.41) is 10.2. The maximum Gasteiger partial charge on any atom is 0.241 e. The van der Waals surface area contributed by atoms with E-state index in [9.17, 15) is 9.90 Å². The molecule has 0 aromatic heterocycles. The third kappa shape index (κ3) is 3.83. The minimum Gasteiger partial charge on any atom is -0.387 e. The number of anilines is 1. The van der Waals surface area contributed by atoms with Crippen LogP contribution in [0.3, 0.4) is 0 Å². The summed E-state index contributed by atoms with van der Waals surface area (Å²) in [5.41, 5.74) is 0.353. The lowest BCUT2D eigenvalue weighted by Gasteiger charge is -2.47. The van der Waals surface area contributed by atoms with E-state index >= 15 is 0 Å². The number of likely N-dealkylation sites (tertiary alicyclic amines) is 1. The van der Waals surface area contributed by atoms with Crippen molar-refractivity contribution in [2.24, 2.45) is 0 Å². The molecule has 0 unspecified atom stereocenters. The Morgan fingerprint density at radius 1 is 1.33 bits per heavy atom. The molecule has 1 aromatic rings. The van der Waals surface area contributed by atoms with E-state index in [1.54, 1.807) is 0 Å². The molecule has 0 radical (unpaired) electrons. The van der Waals surface area contributed by atoms with Crippen molar-refractivity contribution in [1.29, 1.82) is 0 Å². The summed E-state index contributed by atoms with van der Waals surface area (Å²) in [4.78, 5) is 16.4. The van der Waals surface area contributed by atoms with Gasteiger partial charge in [0, 0.05) is 24.8 Å². The summed E-state index contributed by atoms with van der Waals surface area (Å²) in [6, 6.07) is 9.88. The number of rotatable bonds is 6. The van der Waals surface area contributed by atoms with E-state index in [0.717, 1.165) is 18.5 Å². The molecule has 0 atom stereocenters. The Hall–Kier alpha value is -1.39. The van der Waals surface area contributed by atoms with Gasteiger partial charge in [-0.2, -0.15) is 0 Å². The van der Waals surface area contributed by atoms with Crippen molar-refractivity contribution in [1.82, 2.24) is 4.90 Å². The van der Waals surface area contributed by atoms with Crippen molar-refractivity contribution in [2.75, 3.05) is 24.5 Å². The molecular weight excluding hydrogens is 264 g/mol. The van der Waals surface area contributed by atoms with Gasteiger partial charge in [0.25, 0.3) is 0 Å². The Balaban J connectivity index is 1.96. The maximum atomic E-state index is 12.6. The number of nitrogens with zero attached hydrogens (tertiary/aromatic N) is 2. The van der Waals surface area contributed by atoms with Crippen LogP contribution in [0.5, 0.6) is 0 Å². The molecule has 1 amide bonds. The Kier molecular flexibility index (Phi) is 5.01. The van der Waals surface area contributed by atoms with Crippen LogP contribution in [0.2, 0.25) is 0 Å². The molecule has 1 aliphatic rings. The third-order valence-corrected chi connectivity index (χ3v) is 3.93. The van der Waals surface area contributed by atoms with Gasteiger partial charge in [-0.1, -0.05) is 31.5 Å². The smallest absolute Gasteiger partial charge is 0.241 e.